The minimum Gasteiger partial charge on any atom is -0.508 e. The van der Waals surface area contributed by atoms with Crippen molar-refractivity contribution in [3.63, 3.8) is 0 Å². The maximum absolute atomic E-state index is 16.2. The molecule has 0 radical (unpaired) electrons. The molecule has 7 aliphatic heterocycles. The number of aromatic hydroxyl groups is 3. The zero-order chi connectivity index (χ0) is 82.6. The first kappa shape index (κ1) is 83.7. The lowest BCUT2D eigenvalue weighted by Gasteiger charge is -2.48. The van der Waals surface area contributed by atoms with E-state index in [-0.39, 0.29) is 30.1 Å². The van der Waals surface area contributed by atoms with E-state index in [9.17, 15) is 79.8 Å². The van der Waals surface area contributed by atoms with Crippen LogP contribution in [-0.2, 0) is 68.7 Å². The maximum atomic E-state index is 16.2. The Morgan fingerprint density at radius 3 is 1.93 bits per heavy atom. The summed E-state index contributed by atoms with van der Waals surface area (Å²) in [6.45, 7) is 4.48. The lowest BCUT2D eigenvalue weighted by Crippen LogP contribution is -2.66. The fourth-order valence-corrected chi connectivity index (χ4v) is 14.2. The molecule has 7 heterocycles. The number of nitrogens with two attached hydrogens (primary N) is 2. The standard InChI is InChI=1S/C75H82Cl2N10O27/c1-29(2)16-41(81-74(107)108-28-31-8-6-5-7-9-31)66(99)85-57-59(94)33-11-14-45(39(76)18-33)110-47-20-35-21-48(63(47)114-73-64(62(97)61(96)49(27-88)112-73)113-52-25-75(4,87-51(93)26-78)65(98)30(3)109-52)111-46-15-12-34(19-40(46)77)60(95)58-71(104)84-56(72(105)106)38-22-36(89)23-44(91)53(38)37-17-32(10-13-43(37)90)54(68(101)86-58)83-69(102)55(35)82-67(100)42(24-50(79)92)80-70(57)103/h5-15,17-23,29-30,41-42,49,52,54-62,64-65,73,88-91,94-98H,16,24-28,78H2,1-4H3,(H2,79,92)(H,80,103)(H,81,107)(H,82,100)(H,83,102)(H,84,104)(H,85,99)(H,86,101)(H,87,93)(H,105,106)/t30-,41-,42-,49+,52-,54+,55+,56-,57+,58?,59+,60+,61+,62-,64?,65+,73?,75-/m0/s1. The molecule has 2 fully saturated rings. The summed E-state index contributed by atoms with van der Waals surface area (Å²) in [5.41, 5.74) is 7.26. The van der Waals surface area contributed by atoms with Crippen molar-refractivity contribution in [3.05, 3.63) is 153 Å². The number of carbonyl (C=O) groups is 10. The Bertz CT molecular complexity index is 4720. The van der Waals surface area contributed by atoms with E-state index >= 15 is 19.2 Å². The van der Waals surface area contributed by atoms with Crippen LogP contribution in [0.1, 0.15) is 111 Å². The molecule has 22 N–H and O–H groups in total. The Morgan fingerprint density at radius 2 is 1.32 bits per heavy atom. The predicted molar refractivity (Wildman–Crippen MR) is 393 cm³/mol. The van der Waals surface area contributed by atoms with Gasteiger partial charge in [-0.25, -0.2) is 9.59 Å². The Morgan fingerprint density at radius 1 is 0.693 bits per heavy atom. The Kier molecular flexibility index (Phi) is 25.7. The van der Waals surface area contributed by atoms with Gasteiger partial charge in [0.15, 0.2) is 29.9 Å². The molecule has 9 amide bonds. The number of fused-ring (bicyclic) bond motifs is 15. The second-order valence-electron chi connectivity index (χ2n) is 28.3. The van der Waals surface area contributed by atoms with E-state index in [0.717, 1.165) is 78.9 Å². The van der Waals surface area contributed by atoms with Crippen LogP contribution >= 0.6 is 23.2 Å². The number of hydrogen-bond acceptors (Lipinski definition) is 27. The smallest absolute Gasteiger partial charge is 0.408 e. The summed E-state index contributed by atoms with van der Waals surface area (Å²) < 4.78 is 44.0. The lowest BCUT2D eigenvalue weighted by molar-refractivity contribution is -0.334. The summed E-state index contributed by atoms with van der Waals surface area (Å²) in [4.78, 5) is 145. The zero-order valence-electron chi connectivity index (χ0n) is 60.9. The molecule has 2 saturated heterocycles. The van der Waals surface area contributed by atoms with Crippen LogP contribution in [0.25, 0.3) is 11.1 Å². The van der Waals surface area contributed by atoms with Gasteiger partial charge in [0, 0.05) is 29.2 Å². The van der Waals surface area contributed by atoms with Crippen LogP contribution in [0.5, 0.6) is 46.0 Å². The number of alkyl carbamates (subject to hydrolysis) is 1. The topological polar surface area (TPSA) is 586 Å². The van der Waals surface area contributed by atoms with Crippen molar-refractivity contribution in [2.45, 2.75) is 163 Å². The highest BCUT2D eigenvalue weighted by Crippen LogP contribution is 2.50. The van der Waals surface area contributed by atoms with E-state index in [4.69, 9.17) is 67.8 Å². The second kappa shape index (κ2) is 35.0. The van der Waals surface area contributed by atoms with Crippen LogP contribution in [0.15, 0.2) is 109 Å². The Labute approximate surface area is 657 Å². The van der Waals surface area contributed by atoms with Crippen LogP contribution in [0.3, 0.4) is 0 Å². The summed E-state index contributed by atoms with van der Waals surface area (Å²) in [6.07, 6.45) is -21.4. The Balaban J connectivity index is 1.13. The van der Waals surface area contributed by atoms with Crippen LogP contribution in [0, 0.1) is 5.92 Å². The summed E-state index contributed by atoms with van der Waals surface area (Å²) >= 11 is 14.2. The molecule has 11 bridgehead atoms. The van der Waals surface area contributed by atoms with Gasteiger partial charge in [0.2, 0.25) is 59.3 Å². The summed E-state index contributed by atoms with van der Waals surface area (Å²) in [5.74, 6) is -18.1. The number of aliphatic hydroxyl groups excluding tert-OH is 6. The van der Waals surface area contributed by atoms with Crippen molar-refractivity contribution >= 4 is 82.5 Å². The van der Waals surface area contributed by atoms with Crippen molar-refractivity contribution in [3.8, 4) is 57.1 Å². The SMILES string of the molecule is CC(C)C[C@H](NC(=O)OCc1ccccc1)C(=O)N[C@H]1C(=O)N[C@@H](CC(N)=O)C(=O)N[C@H]2C(=O)N[C@H]3C(=O)NC(C(=O)N[C@H](C(=O)O)c4cc(O)cc(O)c4-c4cc3ccc4O)[C@H](O)c3ccc(c(Cl)c3)Oc3cc2cc(c3OC2O[C@H](CO)[C@@H](O)[C@H](O)C2O[C@H]2C[C@](C)(NC(=O)CN)[C@H](O)[C@H](C)O2)Oc2ccc(cc2Cl)[C@H]1O. The average molecular weight is 1630 g/mol. The predicted octanol–water partition coefficient (Wildman–Crippen LogP) is 0.929. The van der Waals surface area contributed by atoms with Gasteiger partial charge in [0.05, 0.1) is 41.3 Å². The van der Waals surface area contributed by atoms with Gasteiger partial charge >= 0.3 is 12.1 Å². The number of ether oxygens (including phenoxy) is 7. The number of carboxylic acid groups (broad SMARTS) is 1. The number of carboxylic acids is 1. The third-order valence-electron chi connectivity index (χ3n) is 19.5. The van der Waals surface area contributed by atoms with E-state index in [2.05, 4.69) is 42.5 Å². The summed E-state index contributed by atoms with van der Waals surface area (Å²) in [6, 6.07) is 6.21. The third-order valence-corrected chi connectivity index (χ3v) is 20.1. The number of phenolic OH excluding ortho intramolecular Hbond substituents is 3. The molecule has 13 rings (SSSR count). The molecule has 114 heavy (non-hydrogen) atoms. The number of nitrogens with one attached hydrogen (secondary N) is 8. The average Bonchev–Trinajstić information content (AvgIpc) is 0.768. The van der Waals surface area contributed by atoms with Crippen LogP contribution < -0.4 is 68.2 Å². The number of rotatable bonds is 17. The van der Waals surface area contributed by atoms with Gasteiger partial charge in [0.25, 0.3) is 0 Å². The van der Waals surface area contributed by atoms with E-state index in [1.54, 1.807) is 44.2 Å². The molecular weight excluding hydrogens is 1540 g/mol. The van der Waals surface area contributed by atoms with E-state index in [1.165, 1.54) is 13.8 Å². The first-order valence-corrected chi connectivity index (χ1v) is 36.3. The number of benzene rings is 6. The molecule has 37 nitrogen and oxygen atoms in total. The molecule has 0 aromatic heterocycles. The molecule has 39 heteroatoms. The van der Waals surface area contributed by atoms with E-state index in [1.807, 2.05) is 0 Å². The molecular formula is C75H82Cl2N10O27. The summed E-state index contributed by atoms with van der Waals surface area (Å²) in [7, 11) is 0. The van der Waals surface area contributed by atoms with Gasteiger partial charge in [-0.15, -0.1) is 0 Å². The number of amides is 9. The van der Waals surface area contributed by atoms with Crippen molar-refractivity contribution < 1.29 is 132 Å². The molecule has 6 aromatic carbocycles. The molecule has 0 spiro atoms. The molecule has 0 saturated carbocycles. The van der Waals surface area contributed by atoms with Gasteiger partial charge in [-0.05, 0) is 109 Å². The minimum absolute atomic E-state index is 0.118. The second-order valence-corrected chi connectivity index (χ2v) is 29.1. The molecule has 0 aliphatic carbocycles. The van der Waals surface area contributed by atoms with Crippen molar-refractivity contribution in [2.24, 2.45) is 17.4 Å². The fourth-order valence-electron chi connectivity index (χ4n) is 13.7. The van der Waals surface area contributed by atoms with Gasteiger partial charge < -0.3 is 138 Å². The van der Waals surface area contributed by atoms with Crippen molar-refractivity contribution in [2.75, 3.05) is 13.2 Å². The number of carbonyl (C=O) groups excluding carboxylic acids is 9. The highest BCUT2D eigenvalue weighted by atomic mass is 35.5. The number of phenols is 3. The van der Waals surface area contributed by atoms with Crippen molar-refractivity contribution in [1.29, 1.82) is 0 Å². The van der Waals surface area contributed by atoms with Gasteiger partial charge in [-0.2, -0.15) is 0 Å². The number of aliphatic carboxylic acids is 1. The largest absolute Gasteiger partial charge is 0.508 e. The third kappa shape index (κ3) is 18.5. The monoisotopic (exact) mass is 1620 g/mol. The maximum Gasteiger partial charge on any atom is 0.408 e. The minimum atomic E-state index is -2.43. The van der Waals surface area contributed by atoms with Crippen molar-refractivity contribution in [1.82, 2.24) is 42.5 Å². The molecule has 7 aliphatic rings. The van der Waals surface area contributed by atoms with Crippen LogP contribution in [0.4, 0.5) is 4.79 Å². The van der Waals surface area contributed by atoms with Gasteiger partial charge in [0.1, 0.15) is 108 Å². The quantitative estimate of drug-likeness (QED) is 0.0604. The van der Waals surface area contributed by atoms with Crippen LogP contribution in [-0.4, -0.2) is 202 Å². The van der Waals surface area contributed by atoms with Gasteiger partial charge in [-0.1, -0.05) is 85.6 Å². The summed E-state index contributed by atoms with van der Waals surface area (Å²) in [5, 5.41) is 134. The highest BCUT2D eigenvalue weighted by molar-refractivity contribution is 6.32. The molecule has 3 unspecified atom stereocenters. The molecule has 608 valence electrons. The van der Waals surface area contributed by atoms with Crippen LogP contribution in [0.2, 0.25) is 10.0 Å². The lowest BCUT2D eigenvalue weighted by atomic mass is 9.85. The zero-order valence-corrected chi connectivity index (χ0v) is 62.4. The molecule has 6 aromatic rings. The number of hydrogen-bond donors (Lipinski definition) is 20. The van der Waals surface area contributed by atoms with E-state index < -0.39 is 278 Å². The molecule has 18 atom stereocenters. The first-order chi connectivity index (χ1) is 54.0. The van der Waals surface area contributed by atoms with E-state index in [0.29, 0.717) is 5.56 Å². The first-order valence-electron chi connectivity index (χ1n) is 35.5. The van der Waals surface area contributed by atoms with Gasteiger partial charge in [-0.3, -0.25) is 38.4 Å². The number of primary amides is 1. The highest BCUT2D eigenvalue weighted by Gasteiger charge is 2.53. The Hall–Kier alpha value is -11.2. The normalized spacial score (nSPS) is 27.2. The number of halogens is 2. The fraction of sp³-hybridized carbons (Fsp3) is 0.387. The number of aliphatic hydroxyl groups is 6.